The molecule has 2 unspecified atom stereocenters. The minimum absolute atomic E-state index is 0.991. The summed E-state index contributed by atoms with van der Waals surface area (Å²) >= 11 is 0. The van der Waals surface area contributed by atoms with Crippen molar-refractivity contribution in [3.8, 4) is 0 Å². The minimum Gasteiger partial charge on any atom is -0.0656 e. The summed E-state index contributed by atoms with van der Waals surface area (Å²) in [6, 6.07) is 0. The van der Waals surface area contributed by atoms with Crippen LogP contribution >= 0.6 is 0 Å². The third-order valence-electron chi connectivity index (χ3n) is 2.52. The Morgan fingerprint density at radius 2 is 1.18 bits per heavy atom. The van der Waals surface area contributed by atoms with Crippen molar-refractivity contribution < 1.29 is 0 Å². The van der Waals surface area contributed by atoms with Crippen LogP contribution in [0.3, 0.4) is 0 Å². The smallest absolute Gasteiger partial charge is 0.0414 e. The van der Waals surface area contributed by atoms with E-state index < -0.39 is 0 Å². The van der Waals surface area contributed by atoms with Gasteiger partial charge < -0.3 is 0 Å². The maximum Gasteiger partial charge on any atom is -0.0414 e. The molecular weight excluding hydrogens is 132 g/mol. The van der Waals surface area contributed by atoms with Crippen LogP contribution in [0.1, 0.15) is 53.9 Å². The van der Waals surface area contributed by atoms with E-state index in [1.54, 1.807) is 0 Å². The van der Waals surface area contributed by atoms with Crippen molar-refractivity contribution in [3.05, 3.63) is 0 Å². The standard InChI is InChI=1S/C8H16.C3H8/c1-6-4-7(2)8(3)5-6;1-3-2/h6-8H,4-5H2,1-3H3;3H2,1-2H3. The van der Waals surface area contributed by atoms with Crippen LogP contribution < -0.4 is 0 Å². The van der Waals surface area contributed by atoms with Gasteiger partial charge in [0.25, 0.3) is 0 Å². The third kappa shape index (κ3) is 4.44. The molecule has 0 nitrogen and oxygen atoms in total. The number of hydrogen-bond acceptors (Lipinski definition) is 0. The molecule has 68 valence electrons. The van der Waals surface area contributed by atoms with Gasteiger partial charge >= 0.3 is 0 Å². The van der Waals surface area contributed by atoms with Crippen LogP contribution in [-0.2, 0) is 0 Å². The predicted molar refractivity (Wildman–Crippen MR) is 52.7 cm³/mol. The first-order valence-corrected chi connectivity index (χ1v) is 5.11. The lowest BCUT2D eigenvalue weighted by Crippen LogP contribution is -1.95. The maximum atomic E-state index is 2.37. The highest BCUT2D eigenvalue weighted by molar-refractivity contribution is 4.74. The molecule has 0 aromatic heterocycles. The molecule has 0 aromatic rings. The van der Waals surface area contributed by atoms with Crippen LogP contribution in [0.15, 0.2) is 0 Å². The Balaban J connectivity index is 0.000000292. The molecule has 0 radical (unpaired) electrons. The van der Waals surface area contributed by atoms with Crippen molar-refractivity contribution in [1.82, 2.24) is 0 Å². The summed E-state index contributed by atoms with van der Waals surface area (Å²) in [7, 11) is 0. The molecule has 1 aliphatic carbocycles. The van der Waals surface area contributed by atoms with Gasteiger partial charge in [-0.2, -0.15) is 0 Å². The SMILES string of the molecule is CC1CC(C)C(C)C1.CCC. The quantitative estimate of drug-likeness (QED) is 0.495. The van der Waals surface area contributed by atoms with Gasteiger partial charge in [-0.3, -0.25) is 0 Å². The van der Waals surface area contributed by atoms with E-state index in [0.717, 1.165) is 17.8 Å². The fraction of sp³-hybridized carbons (Fsp3) is 1.00. The van der Waals surface area contributed by atoms with E-state index in [4.69, 9.17) is 0 Å². The van der Waals surface area contributed by atoms with Crippen molar-refractivity contribution in [2.75, 3.05) is 0 Å². The predicted octanol–water partition coefficient (Wildman–Crippen LogP) is 4.10. The lowest BCUT2D eigenvalue weighted by Gasteiger charge is -2.04. The van der Waals surface area contributed by atoms with Crippen LogP contribution in [0.25, 0.3) is 0 Å². The molecule has 1 fully saturated rings. The molecule has 1 aliphatic rings. The summed E-state index contributed by atoms with van der Waals surface area (Å²) in [4.78, 5) is 0. The molecule has 0 saturated heterocycles. The summed E-state index contributed by atoms with van der Waals surface area (Å²) in [5, 5.41) is 0. The maximum absolute atomic E-state index is 2.37. The summed E-state index contributed by atoms with van der Waals surface area (Å²) in [6.07, 6.45) is 4.17. The van der Waals surface area contributed by atoms with E-state index >= 15 is 0 Å². The molecule has 0 N–H and O–H groups in total. The summed E-state index contributed by atoms with van der Waals surface area (Å²) in [5.74, 6) is 2.98. The molecule has 0 amide bonds. The van der Waals surface area contributed by atoms with Gasteiger partial charge in [-0.15, -0.1) is 0 Å². The molecule has 0 heteroatoms. The Morgan fingerprint density at radius 1 is 0.909 bits per heavy atom. The largest absolute Gasteiger partial charge is 0.0656 e. The van der Waals surface area contributed by atoms with Crippen molar-refractivity contribution in [2.24, 2.45) is 17.8 Å². The summed E-state index contributed by atoms with van der Waals surface area (Å²) < 4.78 is 0. The Kier molecular flexibility index (Phi) is 5.62. The molecule has 11 heavy (non-hydrogen) atoms. The van der Waals surface area contributed by atoms with E-state index in [0.29, 0.717) is 0 Å². The summed E-state index contributed by atoms with van der Waals surface area (Å²) in [6.45, 7) is 11.3. The Hall–Kier alpha value is 0. The van der Waals surface area contributed by atoms with Crippen molar-refractivity contribution in [2.45, 2.75) is 53.9 Å². The lowest BCUT2D eigenvalue weighted by atomic mass is 10.0. The van der Waals surface area contributed by atoms with Crippen molar-refractivity contribution in [3.63, 3.8) is 0 Å². The average molecular weight is 156 g/mol. The first-order valence-electron chi connectivity index (χ1n) is 5.11. The molecule has 2 atom stereocenters. The molecule has 0 bridgehead atoms. The molecule has 0 spiro atoms. The highest BCUT2D eigenvalue weighted by atomic mass is 14.3. The summed E-state index contributed by atoms with van der Waals surface area (Å²) in [5.41, 5.74) is 0. The van der Waals surface area contributed by atoms with Gasteiger partial charge in [0.1, 0.15) is 0 Å². The second kappa shape index (κ2) is 5.62. The normalized spacial score (nSPS) is 36.3. The van der Waals surface area contributed by atoms with Gasteiger partial charge in [0.2, 0.25) is 0 Å². The minimum atomic E-state index is 0.991. The fourth-order valence-electron chi connectivity index (χ4n) is 1.83. The molecule has 1 saturated carbocycles. The first kappa shape index (κ1) is 11.0. The lowest BCUT2D eigenvalue weighted by molar-refractivity contribution is 0.457. The first-order chi connectivity index (χ1) is 5.11. The van der Waals surface area contributed by atoms with Gasteiger partial charge in [0.05, 0.1) is 0 Å². The van der Waals surface area contributed by atoms with Crippen LogP contribution in [-0.4, -0.2) is 0 Å². The zero-order valence-corrected chi connectivity index (χ0v) is 8.85. The van der Waals surface area contributed by atoms with Gasteiger partial charge in [-0.1, -0.05) is 41.0 Å². The zero-order valence-electron chi connectivity index (χ0n) is 8.85. The number of hydrogen-bond donors (Lipinski definition) is 0. The van der Waals surface area contributed by atoms with Crippen LogP contribution in [0, 0.1) is 17.8 Å². The average Bonchev–Trinajstić information content (AvgIpc) is 2.12. The molecule has 0 aromatic carbocycles. The second-order valence-corrected chi connectivity index (χ2v) is 4.24. The van der Waals surface area contributed by atoms with Gasteiger partial charge in [-0.25, -0.2) is 0 Å². The highest BCUT2D eigenvalue weighted by Gasteiger charge is 2.24. The molecule has 0 heterocycles. The molecule has 1 rings (SSSR count). The van der Waals surface area contributed by atoms with Crippen LogP contribution in [0.2, 0.25) is 0 Å². The van der Waals surface area contributed by atoms with E-state index in [9.17, 15) is 0 Å². The van der Waals surface area contributed by atoms with Crippen LogP contribution in [0.5, 0.6) is 0 Å². The number of rotatable bonds is 0. The van der Waals surface area contributed by atoms with E-state index in [1.165, 1.54) is 19.3 Å². The van der Waals surface area contributed by atoms with E-state index in [1.807, 2.05) is 0 Å². The topological polar surface area (TPSA) is 0 Å². The second-order valence-electron chi connectivity index (χ2n) is 4.24. The van der Waals surface area contributed by atoms with Gasteiger partial charge in [-0.05, 0) is 30.6 Å². The molecule has 0 aliphatic heterocycles. The third-order valence-corrected chi connectivity index (χ3v) is 2.52. The molecular formula is C11H24. The Morgan fingerprint density at radius 3 is 1.27 bits per heavy atom. The van der Waals surface area contributed by atoms with Crippen molar-refractivity contribution in [1.29, 1.82) is 0 Å². The zero-order chi connectivity index (χ0) is 8.85. The van der Waals surface area contributed by atoms with E-state index in [2.05, 4.69) is 34.6 Å². The Bertz CT molecular complexity index is 76.0. The monoisotopic (exact) mass is 156 g/mol. The van der Waals surface area contributed by atoms with Gasteiger partial charge in [0.15, 0.2) is 0 Å². The highest BCUT2D eigenvalue weighted by Crippen LogP contribution is 2.34. The van der Waals surface area contributed by atoms with Crippen LogP contribution in [0.4, 0.5) is 0 Å². The van der Waals surface area contributed by atoms with Crippen molar-refractivity contribution >= 4 is 0 Å². The van der Waals surface area contributed by atoms with E-state index in [-0.39, 0.29) is 0 Å². The van der Waals surface area contributed by atoms with Gasteiger partial charge in [0, 0.05) is 0 Å². The Labute approximate surface area is 72.4 Å². The fourth-order valence-corrected chi connectivity index (χ4v) is 1.83.